The van der Waals surface area contributed by atoms with Crippen LogP contribution < -0.4 is 5.32 Å². The van der Waals surface area contributed by atoms with E-state index in [2.05, 4.69) is 10.3 Å². The van der Waals surface area contributed by atoms with Crippen LogP contribution in [-0.4, -0.2) is 34.8 Å². The van der Waals surface area contributed by atoms with Crippen molar-refractivity contribution >= 4 is 40.7 Å². The van der Waals surface area contributed by atoms with Crippen LogP contribution in [0.5, 0.6) is 0 Å². The van der Waals surface area contributed by atoms with E-state index in [1.54, 1.807) is 24.3 Å². The van der Waals surface area contributed by atoms with Crippen molar-refractivity contribution in [3.63, 3.8) is 0 Å². The lowest BCUT2D eigenvalue weighted by molar-refractivity contribution is 0.0724. The number of hydrogen-bond donors (Lipinski definition) is 1. The van der Waals surface area contributed by atoms with Gasteiger partial charge in [-0.3, -0.25) is 14.6 Å². The molecule has 1 aromatic carbocycles. The number of hydrogen-bond acceptors (Lipinski definition) is 3. The van der Waals surface area contributed by atoms with Gasteiger partial charge in [0.25, 0.3) is 11.8 Å². The molecular weight excluding hydrogens is 361 g/mol. The van der Waals surface area contributed by atoms with Gasteiger partial charge in [0, 0.05) is 29.9 Å². The normalized spacial score (nSPS) is 14.2. The Bertz CT molecular complexity index is 805. The maximum Gasteiger partial charge on any atom is 0.274 e. The summed E-state index contributed by atoms with van der Waals surface area (Å²) < 4.78 is 0. The van der Waals surface area contributed by atoms with Crippen LogP contribution in [0.25, 0.3) is 0 Å². The Kier molecular flexibility index (Phi) is 5.56. The van der Waals surface area contributed by atoms with Gasteiger partial charge in [-0.05, 0) is 49.6 Å². The van der Waals surface area contributed by atoms with Crippen LogP contribution in [-0.2, 0) is 0 Å². The molecule has 1 aliphatic rings. The molecule has 0 aliphatic carbocycles. The Morgan fingerprint density at radius 2 is 1.80 bits per heavy atom. The van der Waals surface area contributed by atoms with Gasteiger partial charge in [-0.15, -0.1) is 0 Å². The Hall–Kier alpha value is -2.11. The maximum atomic E-state index is 12.6. The number of halogens is 2. The number of carbonyl (C=O) groups is 2. The van der Waals surface area contributed by atoms with Crippen molar-refractivity contribution < 1.29 is 9.59 Å². The van der Waals surface area contributed by atoms with Crippen LogP contribution in [0.3, 0.4) is 0 Å². The summed E-state index contributed by atoms with van der Waals surface area (Å²) >= 11 is 12.0. The predicted molar refractivity (Wildman–Crippen MR) is 98.4 cm³/mol. The predicted octanol–water partition coefficient (Wildman–Crippen LogP) is 4.27. The summed E-state index contributed by atoms with van der Waals surface area (Å²) in [6.07, 6.45) is 4.63. The lowest BCUT2D eigenvalue weighted by atomic mass is 10.1. The molecule has 1 N–H and O–H groups in total. The molecule has 1 saturated heterocycles. The standard InChI is InChI=1S/C18H17Cl2N3O2/c19-13-4-5-14(20)15(11-13)22-17(24)16-10-12(6-7-21-16)18(25)23-8-2-1-3-9-23/h4-7,10-11H,1-3,8-9H2,(H,22,24). The van der Waals surface area contributed by atoms with E-state index in [0.717, 1.165) is 32.4 Å². The minimum absolute atomic E-state index is 0.0723. The van der Waals surface area contributed by atoms with Crippen LogP contribution >= 0.6 is 23.2 Å². The Morgan fingerprint density at radius 3 is 2.56 bits per heavy atom. The third-order valence-corrected chi connectivity index (χ3v) is 4.62. The van der Waals surface area contributed by atoms with Gasteiger partial charge < -0.3 is 10.2 Å². The smallest absolute Gasteiger partial charge is 0.274 e. The van der Waals surface area contributed by atoms with Gasteiger partial charge in [0.1, 0.15) is 5.69 Å². The van der Waals surface area contributed by atoms with Crippen molar-refractivity contribution in [2.45, 2.75) is 19.3 Å². The highest BCUT2D eigenvalue weighted by molar-refractivity contribution is 6.35. The summed E-state index contributed by atoms with van der Waals surface area (Å²) in [5, 5.41) is 3.50. The molecule has 0 unspecified atom stereocenters. The fraction of sp³-hybridized carbons (Fsp3) is 0.278. The molecule has 1 aliphatic heterocycles. The van der Waals surface area contributed by atoms with Crippen molar-refractivity contribution in [2.24, 2.45) is 0 Å². The highest BCUT2D eigenvalue weighted by Gasteiger charge is 2.20. The summed E-state index contributed by atoms with van der Waals surface area (Å²) in [7, 11) is 0. The molecule has 0 spiro atoms. The highest BCUT2D eigenvalue weighted by Crippen LogP contribution is 2.25. The Labute approximate surface area is 155 Å². The molecule has 2 aromatic rings. The zero-order valence-corrected chi connectivity index (χ0v) is 15.0. The number of likely N-dealkylation sites (tertiary alicyclic amines) is 1. The Balaban J connectivity index is 1.77. The molecule has 5 nitrogen and oxygen atoms in total. The lowest BCUT2D eigenvalue weighted by Gasteiger charge is -2.26. The molecule has 2 heterocycles. The van der Waals surface area contributed by atoms with E-state index in [4.69, 9.17) is 23.2 Å². The first-order chi connectivity index (χ1) is 12.0. The second-order valence-corrected chi connectivity index (χ2v) is 6.70. The van der Waals surface area contributed by atoms with E-state index in [-0.39, 0.29) is 11.6 Å². The van der Waals surface area contributed by atoms with Gasteiger partial charge >= 0.3 is 0 Å². The molecule has 1 fully saturated rings. The number of benzene rings is 1. The summed E-state index contributed by atoms with van der Waals surface area (Å²) in [6.45, 7) is 1.50. The van der Waals surface area contributed by atoms with Crippen molar-refractivity contribution in [1.82, 2.24) is 9.88 Å². The molecule has 0 bridgehead atoms. The van der Waals surface area contributed by atoms with E-state index < -0.39 is 5.91 Å². The van der Waals surface area contributed by atoms with Crippen LogP contribution in [0, 0.1) is 0 Å². The minimum atomic E-state index is -0.447. The molecular formula is C18H17Cl2N3O2. The number of piperidine rings is 1. The van der Waals surface area contributed by atoms with E-state index in [9.17, 15) is 9.59 Å². The van der Waals surface area contributed by atoms with Gasteiger partial charge in [-0.2, -0.15) is 0 Å². The summed E-state index contributed by atoms with van der Waals surface area (Å²) in [5.74, 6) is -0.519. The molecule has 7 heteroatoms. The number of pyridine rings is 1. The van der Waals surface area contributed by atoms with Gasteiger partial charge in [0.15, 0.2) is 0 Å². The molecule has 0 radical (unpaired) electrons. The number of nitrogens with zero attached hydrogens (tertiary/aromatic N) is 2. The summed E-state index contributed by atoms with van der Waals surface area (Å²) in [5.41, 5.74) is 1.01. The molecule has 0 saturated carbocycles. The van der Waals surface area contributed by atoms with Crippen LogP contribution in [0.15, 0.2) is 36.5 Å². The zero-order chi connectivity index (χ0) is 17.8. The fourth-order valence-corrected chi connectivity index (χ4v) is 3.08. The fourth-order valence-electron chi connectivity index (χ4n) is 2.75. The molecule has 3 rings (SSSR count). The third-order valence-electron chi connectivity index (χ3n) is 4.06. The van der Waals surface area contributed by atoms with Crippen LogP contribution in [0.2, 0.25) is 10.0 Å². The van der Waals surface area contributed by atoms with Gasteiger partial charge in [-0.1, -0.05) is 23.2 Å². The molecule has 0 atom stereocenters. The molecule has 1 aromatic heterocycles. The third kappa shape index (κ3) is 4.30. The monoisotopic (exact) mass is 377 g/mol. The molecule has 25 heavy (non-hydrogen) atoms. The van der Waals surface area contributed by atoms with E-state index in [1.165, 1.54) is 12.3 Å². The number of anilines is 1. The second kappa shape index (κ2) is 7.85. The average molecular weight is 378 g/mol. The van der Waals surface area contributed by atoms with Crippen molar-refractivity contribution in [3.05, 3.63) is 57.8 Å². The van der Waals surface area contributed by atoms with Crippen LogP contribution in [0.4, 0.5) is 5.69 Å². The largest absolute Gasteiger partial charge is 0.339 e. The number of carbonyl (C=O) groups excluding carboxylic acids is 2. The van der Waals surface area contributed by atoms with E-state index in [0.29, 0.717) is 21.3 Å². The van der Waals surface area contributed by atoms with Crippen LogP contribution in [0.1, 0.15) is 40.1 Å². The van der Waals surface area contributed by atoms with Gasteiger partial charge in [0.2, 0.25) is 0 Å². The average Bonchev–Trinajstić information content (AvgIpc) is 2.65. The van der Waals surface area contributed by atoms with Crippen molar-refractivity contribution in [2.75, 3.05) is 18.4 Å². The first-order valence-electron chi connectivity index (χ1n) is 8.06. The number of nitrogens with one attached hydrogen (secondary N) is 1. The highest BCUT2D eigenvalue weighted by atomic mass is 35.5. The number of amides is 2. The Morgan fingerprint density at radius 1 is 1.04 bits per heavy atom. The van der Waals surface area contributed by atoms with Gasteiger partial charge in [-0.25, -0.2) is 0 Å². The number of rotatable bonds is 3. The topological polar surface area (TPSA) is 62.3 Å². The van der Waals surface area contributed by atoms with Crippen molar-refractivity contribution in [1.29, 1.82) is 0 Å². The minimum Gasteiger partial charge on any atom is -0.339 e. The summed E-state index contributed by atoms with van der Waals surface area (Å²) in [6, 6.07) is 7.92. The lowest BCUT2D eigenvalue weighted by Crippen LogP contribution is -2.35. The molecule has 2 amide bonds. The maximum absolute atomic E-state index is 12.6. The SMILES string of the molecule is O=C(Nc1cc(Cl)ccc1Cl)c1cc(C(=O)N2CCCCC2)ccn1. The quantitative estimate of drug-likeness (QED) is 0.868. The van der Waals surface area contributed by atoms with E-state index >= 15 is 0 Å². The van der Waals surface area contributed by atoms with Crippen molar-refractivity contribution in [3.8, 4) is 0 Å². The van der Waals surface area contributed by atoms with E-state index in [1.807, 2.05) is 4.90 Å². The first-order valence-corrected chi connectivity index (χ1v) is 8.82. The first kappa shape index (κ1) is 17.7. The second-order valence-electron chi connectivity index (χ2n) is 5.86. The molecule has 130 valence electrons. The summed E-state index contributed by atoms with van der Waals surface area (Å²) in [4.78, 5) is 30.9. The van der Waals surface area contributed by atoms with Gasteiger partial charge in [0.05, 0.1) is 10.7 Å². The number of aromatic nitrogens is 1. The zero-order valence-electron chi connectivity index (χ0n) is 13.5.